The van der Waals surface area contributed by atoms with Crippen molar-refractivity contribution in [3.63, 3.8) is 0 Å². The maximum atomic E-state index is 13.9. The van der Waals surface area contributed by atoms with E-state index in [2.05, 4.69) is 6.92 Å². The van der Waals surface area contributed by atoms with Crippen molar-refractivity contribution in [3.05, 3.63) is 69.2 Å². The number of carbonyl (C=O) groups excluding carboxylic acids is 2. The molecule has 0 aromatic heterocycles. The zero-order chi connectivity index (χ0) is 22.9. The van der Waals surface area contributed by atoms with E-state index in [1.807, 2.05) is 17.0 Å². The molecule has 1 spiro atoms. The van der Waals surface area contributed by atoms with Crippen LogP contribution in [0.3, 0.4) is 0 Å². The van der Waals surface area contributed by atoms with Crippen molar-refractivity contribution in [1.29, 1.82) is 0 Å². The third-order valence-corrected chi connectivity index (χ3v) is 7.03. The van der Waals surface area contributed by atoms with E-state index >= 15 is 0 Å². The largest absolute Gasteiger partial charge is 0.305 e. The quantitative estimate of drug-likeness (QED) is 0.401. The number of hydrogen-bond donors (Lipinski definition) is 0. The van der Waals surface area contributed by atoms with Crippen molar-refractivity contribution in [3.8, 4) is 0 Å². The Labute approximate surface area is 203 Å². The van der Waals surface area contributed by atoms with Gasteiger partial charge in [0.2, 0.25) is 0 Å². The van der Waals surface area contributed by atoms with Crippen molar-refractivity contribution in [2.75, 3.05) is 0 Å². The molecule has 0 N–H and O–H groups in total. The van der Waals surface area contributed by atoms with Gasteiger partial charge in [0.1, 0.15) is 11.4 Å². The monoisotopic (exact) mass is 490 g/mol. The Bertz CT molecular complexity index is 1040. The van der Waals surface area contributed by atoms with Crippen LogP contribution in [0.2, 0.25) is 10.0 Å². The van der Waals surface area contributed by atoms with Gasteiger partial charge < -0.3 is 4.90 Å². The van der Waals surface area contributed by atoms with Gasteiger partial charge in [0.05, 0.1) is 6.04 Å². The third kappa shape index (κ3) is 4.46. The second-order valence-electron chi connectivity index (χ2n) is 8.54. The van der Waals surface area contributed by atoms with Crippen molar-refractivity contribution in [1.82, 2.24) is 4.90 Å². The standard InChI is InChI=1S/C25H25Cl3N2O2/c1-2-6-21(16-7-9-17(10-8-16)23(28)31)30-24(32)22(18-13-19(26)15-20(27)14-18)29-25(30)11-4-3-5-12-25/h7-10,13-15,21H,2-6,11-12H2,1H3. The number of carbonyl (C=O) groups is 2. The third-order valence-electron chi connectivity index (χ3n) is 6.38. The zero-order valence-corrected chi connectivity index (χ0v) is 20.2. The summed E-state index contributed by atoms with van der Waals surface area (Å²) in [5.74, 6) is -0.0961. The molecule has 1 fully saturated rings. The molecule has 1 heterocycles. The van der Waals surface area contributed by atoms with Crippen LogP contribution in [0, 0.1) is 0 Å². The lowest BCUT2D eigenvalue weighted by Gasteiger charge is -2.44. The molecule has 7 heteroatoms. The van der Waals surface area contributed by atoms with Gasteiger partial charge in [0.25, 0.3) is 11.1 Å². The van der Waals surface area contributed by atoms with E-state index in [4.69, 9.17) is 39.8 Å². The topological polar surface area (TPSA) is 49.7 Å². The Morgan fingerprint density at radius 1 is 1.06 bits per heavy atom. The van der Waals surface area contributed by atoms with Crippen LogP contribution in [0.25, 0.3) is 0 Å². The van der Waals surface area contributed by atoms with Crippen LogP contribution in [-0.4, -0.2) is 27.4 Å². The average Bonchev–Trinajstić information content (AvgIpc) is 3.03. The first-order chi connectivity index (χ1) is 15.3. The summed E-state index contributed by atoms with van der Waals surface area (Å²) < 4.78 is 0. The average molecular weight is 492 g/mol. The van der Waals surface area contributed by atoms with Crippen molar-refractivity contribution in [2.24, 2.45) is 4.99 Å². The fourth-order valence-electron chi connectivity index (χ4n) is 4.95. The van der Waals surface area contributed by atoms with Gasteiger partial charge in [0.15, 0.2) is 0 Å². The van der Waals surface area contributed by atoms with Crippen LogP contribution in [0.5, 0.6) is 0 Å². The summed E-state index contributed by atoms with van der Waals surface area (Å²) in [5, 5.41) is 0.462. The molecule has 1 aliphatic carbocycles. The van der Waals surface area contributed by atoms with Crippen LogP contribution in [-0.2, 0) is 4.79 Å². The Hall–Kier alpha value is -1.88. The van der Waals surface area contributed by atoms with E-state index in [0.717, 1.165) is 50.5 Å². The minimum atomic E-state index is -0.569. The van der Waals surface area contributed by atoms with Gasteiger partial charge in [-0.25, -0.2) is 0 Å². The van der Waals surface area contributed by atoms with Crippen LogP contribution < -0.4 is 0 Å². The molecule has 2 aliphatic rings. The van der Waals surface area contributed by atoms with Crippen molar-refractivity contribution < 1.29 is 9.59 Å². The summed E-state index contributed by atoms with van der Waals surface area (Å²) in [4.78, 5) is 32.5. The molecular weight excluding hydrogens is 467 g/mol. The fourth-order valence-corrected chi connectivity index (χ4v) is 5.60. The van der Waals surface area contributed by atoms with Crippen LogP contribution in [0.1, 0.15) is 79.4 Å². The molecule has 1 unspecified atom stereocenters. The number of amides is 1. The van der Waals surface area contributed by atoms with E-state index in [-0.39, 0.29) is 11.9 Å². The summed E-state index contributed by atoms with van der Waals surface area (Å²) in [6.07, 6.45) is 6.54. The maximum Gasteiger partial charge on any atom is 0.275 e. The van der Waals surface area contributed by atoms with Crippen molar-refractivity contribution in [2.45, 2.75) is 63.6 Å². The number of rotatable bonds is 6. The first-order valence-corrected chi connectivity index (χ1v) is 12.2. The second-order valence-corrected chi connectivity index (χ2v) is 9.75. The lowest BCUT2D eigenvalue weighted by molar-refractivity contribution is -0.132. The number of nitrogens with zero attached hydrogens (tertiary/aromatic N) is 2. The summed E-state index contributed by atoms with van der Waals surface area (Å²) in [5.41, 5.74) is 1.92. The molecule has 1 atom stereocenters. The summed E-state index contributed by atoms with van der Waals surface area (Å²) >= 11 is 18.1. The van der Waals surface area contributed by atoms with Gasteiger partial charge in [-0.15, -0.1) is 0 Å². The SMILES string of the molecule is CCCC(c1ccc(C(=O)Cl)cc1)N1C(=O)C(c2cc(Cl)cc(Cl)c2)=NC12CCCCC2. The number of halogens is 3. The lowest BCUT2D eigenvalue weighted by atomic mass is 9.86. The summed E-state index contributed by atoms with van der Waals surface area (Å²) in [6, 6.07) is 12.2. The summed E-state index contributed by atoms with van der Waals surface area (Å²) in [6.45, 7) is 2.11. The smallest absolute Gasteiger partial charge is 0.275 e. The number of hydrogen-bond acceptors (Lipinski definition) is 3. The Balaban J connectivity index is 1.79. The molecule has 0 radical (unpaired) electrons. The predicted octanol–water partition coefficient (Wildman–Crippen LogP) is 7.21. The van der Waals surface area contributed by atoms with E-state index in [9.17, 15) is 9.59 Å². The fraction of sp³-hybridized carbons (Fsp3) is 0.400. The first kappa shape index (κ1) is 23.3. The maximum absolute atomic E-state index is 13.9. The normalized spacial score (nSPS) is 18.7. The van der Waals surface area contributed by atoms with Crippen LogP contribution in [0.15, 0.2) is 47.5 Å². The van der Waals surface area contributed by atoms with Gasteiger partial charge in [-0.3, -0.25) is 14.6 Å². The molecule has 2 aromatic rings. The van der Waals surface area contributed by atoms with Gasteiger partial charge in [-0.2, -0.15) is 0 Å². The predicted molar refractivity (Wildman–Crippen MR) is 130 cm³/mol. The molecule has 1 amide bonds. The van der Waals surface area contributed by atoms with Gasteiger partial charge >= 0.3 is 0 Å². The first-order valence-electron chi connectivity index (χ1n) is 11.0. The Kier molecular flexibility index (Phi) is 6.94. The van der Waals surface area contributed by atoms with Crippen molar-refractivity contribution >= 4 is 51.7 Å². The van der Waals surface area contributed by atoms with E-state index < -0.39 is 10.9 Å². The number of benzene rings is 2. The molecule has 2 aromatic carbocycles. The molecule has 4 rings (SSSR count). The number of aliphatic imine (C=N–C) groups is 1. The zero-order valence-electron chi connectivity index (χ0n) is 17.9. The van der Waals surface area contributed by atoms with Gasteiger partial charge in [-0.05, 0) is 79.6 Å². The highest BCUT2D eigenvalue weighted by Crippen LogP contribution is 2.45. The van der Waals surface area contributed by atoms with Crippen LogP contribution >= 0.6 is 34.8 Å². The van der Waals surface area contributed by atoms with E-state index in [1.54, 1.807) is 30.3 Å². The Morgan fingerprint density at radius 3 is 2.25 bits per heavy atom. The molecule has 32 heavy (non-hydrogen) atoms. The van der Waals surface area contributed by atoms with E-state index in [1.165, 1.54) is 0 Å². The highest BCUT2D eigenvalue weighted by Gasteiger charge is 2.50. The molecular formula is C25H25Cl3N2O2. The molecule has 168 valence electrons. The van der Waals surface area contributed by atoms with Gasteiger partial charge in [0, 0.05) is 21.2 Å². The molecule has 4 nitrogen and oxygen atoms in total. The molecule has 0 bridgehead atoms. The highest BCUT2D eigenvalue weighted by atomic mass is 35.5. The highest BCUT2D eigenvalue weighted by molar-refractivity contribution is 6.67. The minimum absolute atomic E-state index is 0.0961. The Morgan fingerprint density at radius 2 is 1.69 bits per heavy atom. The van der Waals surface area contributed by atoms with Crippen LogP contribution in [0.4, 0.5) is 0 Å². The summed E-state index contributed by atoms with van der Waals surface area (Å²) in [7, 11) is 0. The molecule has 0 saturated heterocycles. The van der Waals surface area contributed by atoms with E-state index in [0.29, 0.717) is 26.9 Å². The second kappa shape index (κ2) is 9.54. The molecule has 1 saturated carbocycles. The lowest BCUT2D eigenvalue weighted by Crippen LogP contribution is -2.50. The van der Waals surface area contributed by atoms with Gasteiger partial charge in [-0.1, -0.05) is 55.1 Å². The minimum Gasteiger partial charge on any atom is -0.305 e. The molecule has 1 aliphatic heterocycles.